The van der Waals surface area contributed by atoms with E-state index in [9.17, 15) is 4.79 Å². The maximum atomic E-state index is 11.4. The summed E-state index contributed by atoms with van der Waals surface area (Å²) in [7, 11) is 0. The average Bonchev–Trinajstić information content (AvgIpc) is 2.22. The molecule has 1 amide bonds. The topological polar surface area (TPSA) is 64.3 Å². The fourth-order valence-electron chi connectivity index (χ4n) is 1.28. The minimum absolute atomic E-state index is 0. The highest BCUT2D eigenvalue weighted by molar-refractivity contribution is 5.95. The van der Waals surface area contributed by atoms with E-state index in [1.54, 1.807) is 6.92 Å². The summed E-state index contributed by atoms with van der Waals surface area (Å²) in [6.45, 7) is 6.13. The number of hydrogen-bond acceptors (Lipinski definition) is 3. The first-order chi connectivity index (χ1) is 7.54. The number of nitrogens with two attached hydrogens (primary N) is 1. The molecule has 3 N–H and O–H groups in total. The molecule has 1 aromatic carbocycles. The van der Waals surface area contributed by atoms with Crippen LogP contribution in [0.3, 0.4) is 0 Å². The second-order valence-electron chi connectivity index (χ2n) is 3.69. The Hall–Kier alpha value is -1.26. The molecule has 0 spiro atoms. The van der Waals surface area contributed by atoms with E-state index in [1.165, 1.54) is 0 Å². The van der Waals surface area contributed by atoms with E-state index in [-0.39, 0.29) is 18.3 Å². The van der Waals surface area contributed by atoms with Gasteiger partial charge in [0.15, 0.2) is 0 Å². The molecule has 0 saturated heterocycles. The van der Waals surface area contributed by atoms with Gasteiger partial charge in [-0.25, -0.2) is 0 Å². The third-order valence-electron chi connectivity index (χ3n) is 2.18. The van der Waals surface area contributed by atoms with Crippen molar-refractivity contribution in [2.45, 2.75) is 26.8 Å². The van der Waals surface area contributed by atoms with Gasteiger partial charge < -0.3 is 15.8 Å². The van der Waals surface area contributed by atoms with Crippen molar-refractivity contribution in [3.63, 3.8) is 0 Å². The van der Waals surface area contributed by atoms with Crippen LogP contribution in [-0.2, 0) is 4.79 Å². The molecule has 5 heteroatoms. The van der Waals surface area contributed by atoms with E-state index in [1.807, 2.05) is 32.0 Å². The van der Waals surface area contributed by atoms with E-state index in [2.05, 4.69) is 5.32 Å². The van der Waals surface area contributed by atoms with Crippen molar-refractivity contribution in [3.05, 3.63) is 23.8 Å². The Morgan fingerprint density at radius 2 is 2.18 bits per heavy atom. The third kappa shape index (κ3) is 4.63. The van der Waals surface area contributed by atoms with Crippen LogP contribution < -0.4 is 15.8 Å². The zero-order valence-electron chi connectivity index (χ0n) is 10.3. The molecule has 0 fully saturated rings. The zero-order chi connectivity index (χ0) is 12.1. The molecular formula is C12H19ClN2O2. The number of nitrogens with one attached hydrogen (secondary N) is 1. The molecule has 0 bridgehead atoms. The van der Waals surface area contributed by atoms with Gasteiger partial charge in [0, 0.05) is 5.69 Å². The van der Waals surface area contributed by atoms with Crippen molar-refractivity contribution >= 4 is 24.0 Å². The number of benzene rings is 1. The molecule has 0 radical (unpaired) electrons. The quantitative estimate of drug-likeness (QED) is 0.869. The van der Waals surface area contributed by atoms with E-state index in [4.69, 9.17) is 10.5 Å². The number of carbonyl (C=O) groups excluding carboxylic acids is 1. The van der Waals surface area contributed by atoms with Crippen molar-refractivity contribution in [2.24, 2.45) is 5.73 Å². The number of anilines is 1. The van der Waals surface area contributed by atoms with Gasteiger partial charge in [-0.1, -0.05) is 0 Å². The lowest BCUT2D eigenvalue weighted by Gasteiger charge is -2.11. The van der Waals surface area contributed by atoms with Gasteiger partial charge in [0.05, 0.1) is 12.6 Å². The van der Waals surface area contributed by atoms with E-state index in [0.29, 0.717) is 6.61 Å². The molecule has 1 unspecified atom stereocenters. The van der Waals surface area contributed by atoms with Crippen LogP contribution in [0.25, 0.3) is 0 Å². The lowest BCUT2D eigenvalue weighted by Crippen LogP contribution is -2.32. The number of rotatable bonds is 4. The number of hydrogen-bond donors (Lipinski definition) is 2. The zero-order valence-corrected chi connectivity index (χ0v) is 11.1. The third-order valence-corrected chi connectivity index (χ3v) is 2.18. The van der Waals surface area contributed by atoms with Crippen molar-refractivity contribution in [1.29, 1.82) is 0 Å². The van der Waals surface area contributed by atoms with Gasteiger partial charge in [-0.2, -0.15) is 0 Å². The largest absolute Gasteiger partial charge is 0.494 e. The van der Waals surface area contributed by atoms with Gasteiger partial charge in [-0.3, -0.25) is 4.79 Å². The molecule has 0 heterocycles. The van der Waals surface area contributed by atoms with Crippen molar-refractivity contribution < 1.29 is 9.53 Å². The normalized spacial score (nSPS) is 11.3. The SMILES string of the molecule is CCOc1ccc(NC(=O)C(C)N)c(C)c1.Cl. The molecule has 17 heavy (non-hydrogen) atoms. The van der Waals surface area contributed by atoms with Gasteiger partial charge in [0.2, 0.25) is 5.91 Å². The highest BCUT2D eigenvalue weighted by Gasteiger charge is 2.09. The van der Waals surface area contributed by atoms with Crippen LogP contribution in [0.4, 0.5) is 5.69 Å². The fourth-order valence-corrected chi connectivity index (χ4v) is 1.28. The summed E-state index contributed by atoms with van der Waals surface area (Å²) in [6.07, 6.45) is 0. The van der Waals surface area contributed by atoms with Crippen molar-refractivity contribution in [3.8, 4) is 5.75 Å². The van der Waals surface area contributed by atoms with Crippen LogP contribution in [0, 0.1) is 6.92 Å². The van der Waals surface area contributed by atoms with Gasteiger partial charge in [-0.05, 0) is 44.5 Å². The molecule has 0 aromatic heterocycles. The van der Waals surface area contributed by atoms with Crippen LogP contribution in [0.2, 0.25) is 0 Å². The molecule has 96 valence electrons. The Balaban J connectivity index is 0.00000256. The summed E-state index contributed by atoms with van der Waals surface area (Å²) in [5, 5.41) is 2.76. The lowest BCUT2D eigenvalue weighted by atomic mass is 10.2. The predicted octanol–water partition coefficient (Wildman–Crippen LogP) is 2.10. The van der Waals surface area contributed by atoms with Crippen LogP contribution in [-0.4, -0.2) is 18.6 Å². The van der Waals surface area contributed by atoms with Gasteiger partial charge in [0.25, 0.3) is 0 Å². The van der Waals surface area contributed by atoms with Crippen LogP contribution in [0.5, 0.6) is 5.75 Å². The molecular weight excluding hydrogens is 240 g/mol. The fraction of sp³-hybridized carbons (Fsp3) is 0.417. The molecule has 4 nitrogen and oxygen atoms in total. The summed E-state index contributed by atoms with van der Waals surface area (Å²) >= 11 is 0. The van der Waals surface area contributed by atoms with Crippen LogP contribution in [0.15, 0.2) is 18.2 Å². The van der Waals surface area contributed by atoms with Gasteiger partial charge in [0.1, 0.15) is 5.75 Å². The standard InChI is InChI=1S/C12H18N2O2.ClH/c1-4-16-10-5-6-11(8(2)7-10)14-12(15)9(3)13;/h5-7,9H,4,13H2,1-3H3,(H,14,15);1H. The van der Waals surface area contributed by atoms with Crippen LogP contribution in [0.1, 0.15) is 19.4 Å². The first kappa shape index (κ1) is 15.7. The first-order valence-electron chi connectivity index (χ1n) is 5.34. The summed E-state index contributed by atoms with van der Waals surface area (Å²) in [4.78, 5) is 11.4. The van der Waals surface area contributed by atoms with Gasteiger partial charge in [-0.15, -0.1) is 12.4 Å². The Morgan fingerprint density at radius 1 is 1.53 bits per heavy atom. The number of halogens is 1. The summed E-state index contributed by atoms with van der Waals surface area (Å²) < 4.78 is 5.36. The maximum absolute atomic E-state index is 11.4. The Morgan fingerprint density at radius 3 is 2.65 bits per heavy atom. The van der Waals surface area contributed by atoms with E-state index >= 15 is 0 Å². The Labute approximate surface area is 108 Å². The number of ether oxygens (including phenoxy) is 1. The molecule has 0 aliphatic carbocycles. The Bertz CT molecular complexity index is 381. The average molecular weight is 259 g/mol. The molecule has 0 saturated carbocycles. The lowest BCUT2D eigenvalue weighted by molar-refractivity contribution is -0.117. The molecule has 1 atom stereocenters. The number of carbonyl (C=O) groups is 1. The molecule has 0 aliphatic heterocycles. The minimum Gasteiger partial charge on any atom is -0.494 e. The van der Waals surface area contributed by atoms with Crippen molar-refractivity contribution in [1.82, 2.24) is 0 Å². The highest BCUT2D eigenvalue weighted by Crippen LogP contribution is 2.21. The second-order valence-corrected chi connectivity index (χ2v) is 3.69. The number of amides is 1. The van der Waals surface area contributed by atoms with Crippen molar-refractivity contribution in [2.75, 3.05) is 11.9 Å². The summed E-state index contributed by atoms with van der Waals surface area (Å²) in [5.41, 5.74) is 7.20. The summed E-state index contributed by atoms with van der Waals surface area (Å²) in [6, 6.07) is 5.03. The number of aryl methyl sites for hydroxylation is 1. The molecule has 1 rings (SSSR count). The van der Waals surface area contributed by atoms with E-state index < -0.39 is 6.04 Å². The van der Waals surface area contributed by atoms with Gasteiger partial charge >= 0.3 is 0 Å². The monoisotopic (exact) mass is 258 g/mol. The summed E-state index contributed by atoms with van der Waals surface area (Å²) in [5.74, 6) is 0.617. The predicted molar refractivity (Wildman–Crippen MR) is 71.9 cm³/mol. The maximum Gasteiger partial charge on any atom is 0.241 e. The first-order valence-corrected chi connectivity index (χ1v) is 5.34. The van der Waals surface area contributed by atoms with Crippen LogP contribution >= 0.6 is 12.4 Å². The second kappa shape index (κ2) is 7.14. The Kier molecular flexibility index (Phi) is 6.61. The minimum atomic E-state index is -0.508. The molecule has 0 aliphatic rings. The smallest absolute Gasteiger partial charge is 0.241 e. The molecule has 1 aromatic rings. The van der Waals surface area contributed by atoms with E-state index in [0.717, 1.165) is 17.0 Å². The highest BCUT2D eigenvalue weighted by atomic mass is 35.5.